The van der Waals surface area contributed by atoms with Gasteiger partial charge in [0.15, 0.2) is 0 Å². The summed E-state index contributed by atoms with van der Waals surface area (Å²) in [5.74, 6) is 0.767. The molecule has 0 aliphatic heterocycles. The first-order valence-corrected chi connectivity index (χ1v) is 7.96. The highest BCUT2D eigenvalue weighted by Crippen LogP contribution is 2.28. The second-order valence-electron chi connectivity index (χ2n) is 4.22. The monoisotopic (exact) mass is 314 g/mol. The van der Waals surface area contributed by atoms with Crippen LogP contribution < -0.4 is 4.74 Å². The van der Waals surface area contributed by atoms with Gasteiger partial charge in [-0.1, -0.05) is 18.5 Å². The summed E-state index contributed by atoms with van der Waals surface area (Å²) in [4.78, 5) is 4.04. The quantitative estimate of drug-likeness (QED) is 0.851. The summed E-state index contributed by atoms with van der Waals surface area (Å²) < 4.78 is 31.5. The average Bonchev–Trinajstić information content (AvgIpc) is 2.84. The molecule has 2 aromatic rings. The number of hydrogen-bond donors (Lipinski definition) is 0. The number of aromatic nitrogens is 2. The van der Waals surface area contributed by atoms with Crippen molar-refractivity contribution in [3.63, 3.8) is 0 Å². The van der Waals surface area contributed by atoms with Gasteiger partial charge in [0.1, 0.15) is 11.6 Å². The van der Waals surface area contributed by atoms with Gasteiger partial charge in [-0.25, -0.2) is 17.4 Å². The van der Waals surface area contributed by atoms with Crippen LogP contribution in [0, 0.1) is 6.92 Å². The van der Waals surface area contributed by atoms with E-state index in [1.807, 2.05) is 6.92 Å². The van der Waals surface area contributed by atoms with Crippen LogP contribution in [0.1, 0.15) is 19.2 Å². The van der Waals surface area contributed by atoms with E-state index in [4.69, 9.17) is 16.3 Å². The van der Waals surface area contributed by atoms with Gasteiger partial charge in [-0.05, 0) is 25.5 Å². The van der Waals surface area contributed by atoms with E-state index in [0.717, 1.165) is 10.4 Å². The molecule has 0 radical (unpaired) electrons. The van der Waals surface area contributed by atoms with Crippen molar-refractivity contribution >= 4 is 21.6 Å². The number of benzene rings is 1. The molecule has 0 unspecified atom stereocenters. The molecule has 1 heterocycles. The predicted molar refractivity (Wildman–Crippen MR) is 76.8 cm³/mol. The Morgan fingerprint density at radius 1 is 1.40 bits per heavy atom. The van der Waals surface area contributed by atoms with Gasteiger partial charge in [0, 0.05) is 18.5 Å². The van der Waals surface area contributed by atoms with Crippen LogP contribution in [0.2, 0.25) is 5.02 Å². The maximum atomic E-state index is 12.5. The Kier molecular flexibility index (Phi) is 4.35. The Balaban J connectivity index is 2.45. The predicted octanol–water partition coefficient (Wildman–Crippen LogP) is 2.87. The third-order valence-corrected chi connectivity index (χ3v) is 4.77. The van der Waals surface area contributed by atoms with Gasteiger partial charge in [-0.15, -0.1) is 0 Å². The summed E-state index contributed by atoms with van der Waals surface area (Å²) in [7, 11) is -3.68. The van der Waals surface area contributed by atoms with Gasteiger partial charge in [0.25, 0.3) is 10.0 Å². The lowest BCUT2D eigenvalue weighted by atomic mass is 10.3. The van der Waals surface area contributed by atoms with Crippen molar-refractivity contribution in [2.45, 2.75) is 25.2 Å². The molecule has 0 aliphatic rings. The van der Waals surface area contributed by atoms with Crippen molar-refractivity contribution in [2.75, 3.05) is 6.61 Å². The van der Waals surface area contributed by atoms with Crippen molar-refractivity contribution < 1.29 is 13.2 Å². The molecule has 1 aromatic carbocycles. The lowest BCUT2D eigenvalue weighted by Crippen LogP contribution is -2.14. The molecule has 0 aliphatic carbocycles. The molecule has 0 spiro atoms. The topological polar surface area (TPSA) is 61.2 Å². The van der Waals surface area contributed by atoms with Gasteiger partial charge >= 0.3 is 0 Å². The molecule has 108 valence electrons. The summed E-state index contributed by atoms with van der Waals surface area (Å²) in [6.45, 7) is 4.07. The molecule has 0 fully saturated rings. The summed E-state index contributed by atoms with van der Waals surface area (Å²) in [6.07, 6.45) is 3.66. The van der Waals surface area contributed by atoms with Crippen LogP contribution in [-0.4, -0.2) is 24.0 Å². The number of hydrogen-bond acceptors (Lipinski definition) is 4. The second-order valence-corrected chi connectivity index (χ2v) is 6.44. The normalized spacial score (nSPS) is 11.6. The highest BCUT2D eigenvalue weighted by Gasteiger charge is 2.20. The maximum Gasteiger partial charge on any atom is 0.269 e. The Bertz CT molecular complexity index is 710. The molecule has 0 amide bonds. The zero-order chi connectivity index (χ0) is 14.8. The van der Waals surface area contributed by atoms with Gasteiger partial charge in [-0.3, -0.25) is 0 Å². The Labute approximate surface area is 123 Å². The number of imidazole rings is 1. The van der Waals surface area contributed by atoms with E-state index in [-0.39, 0.29) is 4.90 Å². The molecule has 0 bridgehead atoms. The molecular formula is C13H15ClN2O3S. The van der Waals surface area contributed by atoms with Gasteiger partial charge in [0.2, 0.25) is 0 Å². The van der Waals surface area contributed by atoms with Gasteiger partial charge in [0.05, 0.1) is 16.5 Å². The Hall–Kier alpha value is -1.53. The fourth-order valence-electron chi connectivity index (χ4n) is 1.70. The number of nitrogens with zero attached hydrogens (tertiary/aromatic N) is 2. The smallest absolute Gasteiger partial charge is 0.269 e. The standard InChI is InChI=1S/C13H15ClN2O3S/c1-3-8-19-13-9-11(4-5-12(13)14)20(17,18)16-7-6-15-10(16)2/h4-7,9H,3,8H2,1-2H3. The van der Waals surface area contributed by atoms with Crippen LogP contribution in [0.5, 0.6) is 5.75 Å². The van der Waals surface area contributed by atoms with E-state index in [2.05, 4.69) is 4.98 Å². The molecule has 20 heavy (non-hydrogen) atoms. The minimum atomic E-state index is -3.68. The largest absolute Gasteiger partial charge is 0.492 e. The van der Waals surface area contributed by atoms with Crippen molar-refractivity contribution in [1.29, 1.82) is 0 Å². The summed E-state index contributed by atoms with van der Waals surface area (Å²) in [6, 6.07) is 4.41. The summed E-state index contributed by atoms with van der Waals surface area (Å²) in [5, 5.41) is 0.389. The first-order valence-electron chi connectivity index (χ1n) is 6.14. The third kappa shape index (κ3) is 2.81. The molecule has 2 rings (SSSR count). The van der Waals surface area contributed by atoms with E-state index in [0.29, 0.717) is 23.2 Å². The minimum absolute atomic E-state index is 0.120. The molecule has 0 atom stereocenters. The molecule has 7 heteroatoms. The maximum absolute atomic E-state index is 12.5. The molecule has 5 nitrogen and oxygen atoms in total. The van der Waals surface area contributed by atoms with Crippen molar-refractivity contribution in [1.82, 2.24) is 8.96 Å². The zero-order valence-corrected chi connectivity index (χ0v) is 12.8. The number of ether oxygens (including phenoxy) is 1. The van der Waals surface area contributed by atoms with Crippen molar-refractivity contribution in [3.8, 4) is 5.75 Å². The van der Waals surface area contributed by atoms with Crippen LogP contribution >= 0.6 is 11.6 Å². The van der Waals surface area contributed by atoms with E-state index < -0.39 is 10.0 Å². The second kappa shape index (κ2) is 5.85. The van der Waals surface area contributed by atoms with Gasteiger partial charge < -0.3 is 4.74 Å². The lowest BCUT2D eigenvalue weighted by Gasteiger charge is -2.11. The van der Waals surface area contributed by atoms with Crippen molar-refractivity contribution in [3.05, 3.63) is 41.4 Å². The van der Waals surface area contributed by atoms with Crippen LogP contribution in [0.15, 0.2) is 35.5 Å². The zero-order valence-electron chi connectivity index (χ0n) is 11.2. The summed E-state index contributed by atoms with van der Waals surface area (Å²) in [5.41, 5.74) is 0. The summed E-state index contributed by atoms with van der Waals surface area (Å²) >= 11 is 6.00. The van der Waals surface area contributed by atoms with E-state index in [1.165, 1.54) is 30.6 Å². The number of halogens is 1. The first-order chi connectivity index (χ1) is 9.46. The fourth-order valence-corrected chi connectivity index (χ4v) is 3.21. The molecule has 0 N–H and O–H groups in total. The molecule has 0 saturated heterocycles. The van der Waals surface area contributed by atoms with Gasteiger partial charge in [-0.2, -0.15) is 0 Å². The van der Waals surface area contributed by atoms with Crippen LogP contribution in [0.4, 0.5) is 0 Å². The molecule has 0 saturated carbocycles. The highest BCUT2D eigenvalue weighted by atomic mass is 35.5. The lowest BCUT2D eigenvalue weighted by molar-refractivity contribution is 0.317. The van der Waals surface area contributed by atoms with Crippen molar-refractivity contribution in [2.24, 2.45) is 0 Å². The molecular weight excluding hydrogens is 300 g/mol. The average molecular weight is 315 g/mol. The van der Waals surface area contributed by atoms with Crippen LogP contribution in [0.3, 0.4) is 0 Å². The number of aryl methyl sites for hydroxylation is 1. The third-order valence-electron chi connectivity index (χ3n) is 2.70. The highest BCUT2D eigenvalue weighted by molar-refractivity contribution is 7.90. The fraction of sp³-hybridized carbons (Fsp3) is 0.308. The Morgan fingerprint density at radius 2 is 2.15 bits per heavy atom. The number of rotatable bonds is 5. The van der Waals surface area contributed by atoms with E-state index in [9.17, 15) is 8.42 Å². The first kappa shape index (κ1) is 14.9. The van der Waals surface area contributed by atoms with Crippen LogP contribution in [-0.2, 0) is 10.0 Å². The molecule has 1 aromatic heterocycles. The SMILES string of the molecule is CCCOc1cc(S(=O)(=O)n2ccnc2C)ccc1Cl. The Morgan fingerprint density at radius 3 is 2.75 bits per heavy atom. The van der Waals surface area contributed by atoms with E-state index in [1.54, 1.807) is 6.92 Å². The van der Waals surface area contributed by atoms with E-state index >= 15 is 0 Å². The minimum Gasteiger partial charge on any atom is -0.492 e. The van der Waals surface area contributed by atoms with Crippen LogP contribution in [0.25, 0.3) is 0 Å².